The summed E-state index contributed by atoms with van der Waals surface area (Å²) in [6.07, 6.45) is 3.93. The Kier molecular flexibility index (Phi) is 3.69. The zero-order valence-corrected chi connectivity index (χ0v) is 12.4. The molecule has 2 saturated heterocycles. The number of aromatic nitrogens is 1. The van der Waals surface area contributed by atoms with Gasteiger partial charge in [-0.3, -0.25) is 0 Å². The van der Waals surface area contributed by atoms with Crippen LogP contribution >= 0.6 is 0 Å². The predicted molar refractivity (Wildman–Crippen MR) is 80.7 cm³/mol. The summed E-state index contributed by atoms with van der Waals surface area (Å²) < 4.78 is 0. The van der Waals surface area contributed by atoms with E-state index in [1.54, 1.807) is 0 Å². The lowest BCUT2D eigenvalue weighted by atomic mass is 9.98. The van der Waals surface area contributed by atoms with E-state index in [9.17, 15) is 5.11 Å². The van der Waals surface area contributed by atoms with Crippen LogP contribution in [0.2, 0.25) is 0 Å². The highest BCUT2D eigenvalue weighted by atomic mass is 16.3. The van der Waals surface area contributed by atoms with Gasteiger partial charge in [-0.2, -0.15) is 0 Å². The van der Waals surface area contributed by atoms with E-state index in [0.717, 1.165) is 29.9 Å². The van der Waals surface area contributed by atoms with Gasteiger partial charge in [0.15, 0.2) is 0 Å². The van der Waals surface area contributed by atoms with E-state index >= 15 is 0 Å². The Morgan fingerprint density at radius 3 is 2.50 bits per heavy atom. The fourth-order valence-corrected chi connectivity index (χ4v) is 3.69. The number of rotatable bonds is 3. The zero-order valence-electron chi connectivity index (χ0n) is 12.4. The molecular weight excluding hydrogens is 250 g/mol. The van der Waals surface area contributed by atoms with E-state index in [-0.39, 0.29) is 6.10 Å². The van der Waals surface area contributed by atoms with E-state index in [1.807, 2.05) is 0 Å². The minimum atomic E-state index is -0.140. The molecule has 2 fully saturated rings. The first-order valence-electron chi connectivity index (χ1n) is 7.76. The first kappa shape index (κ1) is 13.8. The van der Waals surface area contributed by atoms with Crippen LogP contribution < -0.4 is 10.6 Å². The van der Waals surface area contributed by atoms with E-state index < -0.39 is 0 Å². The van der Waals surface area contributed by atoms with Crippen LogP contribution in [-0.2, 0) is 6.54 Å². The first-order valence-corrected chi connectivity index (χ1v) is 7.76. The Morgan fingerprint density at radius 2 is 1.95 bits per heavy atom. The molecule has 0 radical (unpaired) electrons. The van der Waals surface area contributed by atoms with Crippen LogP contribution in [0.1, 0.15) is 56.7 Å². The molecule has 3 rings (SSSR count). The van der Waals surface area contributed by atoms with Crippen molar-refractivity contribution in [2.24, 2.45) is 5.73 Å². The van der Waals surface area contributed by atoms with Crippen molar-refractivity contribution in [2.75, 3.05) is 4.90 Å². The van der Waals surface area contributed by atoms with Gasteiger partial charge in [-0.05, 0) is 37.7 Å². The largest absolute Gasteiger partial charge is 0.393 e. The standard InChI is InChI=1S/C16H25N3O/c1-10(2)15-6-3-11(9-17)16(18-15)19-12-4-5-13(19)8-14(20)7-12/h3,6,10,12-14,20H,4-5,7-9,17H2,1-2H3. The second-order valence-electron chi connectivity index (χ2n) is 6.50. The minimum absolute atomic E-state index is 0.140. The lowest BCUT2D eigenvalue weighted by Gasteiger charge is -2.39. The highest BCUT2D eigenvalue weighted by molar-refractivity contribution is 5.52. The Bertz CT molecular complexity index is 475. The topological polar surface area (TPSA) is 62.4 Å². The van der Waals surface area contributed by atoms with E-state index in [2.05, 4.69) is 30.9 Å². The Hall–Kier alpha value is -1.13. The number of nitrogens with two attached hydrogens (primary N) is 1. The molecular formula is C16H25N3O. The SMILES string of the molecule is CC(C)c1ccc(CN)c(N2C3CCC2CC(O)C3)n1. The summed E-state index contributed by atoms with van der Waals surface area (Å²) in [4.78, 5) is 7.34. The van der Waals surface area contributed by atoms with Gasteiger partial charge < -0.3 is 15.7 Å². The highest BCUT2D eigenvalue weighted by Gasteiger charge is 2.41. The molecule has 2 atom stereocenters. The summed E-state index contributed by atoms with van der Waals surface area (Å²) in [5, 5.41) is 9.95. The number of piperidine rings is 1. The maximum atomic E-state index is 9.95. The van der Waals surface area contributed by atoms with Gasteiger partial charge in [-0.25, -0.2) is 4.98 Å². The average molecular weight is 275 g/mol. The van der Waals surface area contributed by atoms with Gasteiger partial charge in [0.25, 0.3) is 0 Å². The molecule has 1 aromatic rings. The lowest BCUT2D eigenvalue weighted by Crippen LogP contribution is -2.45. The van der Waals surface area contributed by atoms with Crippen molar-refractivity contribution in [3.63, 3.8) is 0 Å². The molecule has 4 nitrogen and oxygen atoms in total. The van der Waals surface area contributed by atoms with Gasteiger partial charge in [0.05, 0.1) is 6.10 Å². The third-order valence-electron chi connectivity index (χ3n) is 4.74. The summed E-state index contributed by atoms with van der Waals surface area (Å²) in [6, 6.07) is 5.09. The Labute approximate surface area is 121 Å². The summed E-state index contributed by atoms with van der Waals surface area (Å²) in [7, 11) is 0. The fraction of sp³-hybridized carbons (Fsp3) is 0.688. The van der Waals surface area contributed by atoms with Gasteiger partial charge in [-0.1, -0.05) is 19.9 Å². The molecule has 3 N–H and O–H groups in total. The maximum Gasteiger partial charge on any atom is 0.133 e. The second-order valence-corrected chi connectivity index (χ2v) is 6.50. The van der Waals surface area contributed by atoms with Crippen LogP contribution in [0.4, 0.5) is 5.82 Å². The summed E-state index contributed by atoms with van der Waals surface area (Å²) in [5.74, 6) is 1.49. The number of aliphatic hydroxyl groups excluding tert-OH is 1. The summed E-state index contributed by atoms with van der Waals surface area (Å²) >= 11 is 0. The third-order valence-corrected chi connectivity index (χ3v) is 4.74. The van der Waals surface area contributed by atoms with Crippen LogP contribution in [0.25, 0.3) is 0 Å². The Balaban J connectivity index is 1.98. The number of hydrogen-bond acceptors (Lipinski definition) is 4. The maximum absolute atomic E-state index is 9.95. The molecule has 20 heavy (non-hydrogen) atoms. The van der Waals surface area contributed by atoms with Crippen molar-refractivity contribution < 1.29 is 5.11 Å². The molecule has 2 unspecified atom stereocenters. The van der Waals surface area contributed by atoms with Crippen LogP contribution in [0, 0.1) is 0 Å². The van der Waals surface area contributed by atoms with E-state index in [4.69, 9.17) is 10.7 Å². The summed E-state index contributed by atoms with van der Waals surface area (Å²) in [6.45, 7) is 4.87. The molecule has 4 heteroatoms. The van der Waals surface area contributed by atoms with Gasteiger partial charge >= 0.3 is 0 Å². The molecule has 0 aromatic carbocycles. The number of hydrogen-bond donors (Lipinski definition) is 2. The second kappa shape index (κ2) is 5.34. The molecule has 0 saturated carbocycles. The van der Waals surface area contributed by atoms with Gasteiger partial charge in [0.1, 0.15) is 5.82 Å². The van der Waals surface area contributed by atoms with Crippen molar-refractivity contribution in [2.45, 2.75) is 70.2 Å². The van der Waals surface area contributed by atoms with E-state index in [1.165, 1.54) is 12.8 Å². The number of nitrogens with zero attached hydrogens (tertiary/aromatic N) is 2. The molecule has 1 aromatic heterocycles. The zero-order chi connectivity index (χ0) is 14.3. The normalized spacial score (nSPS) is 29.2. The number of fused-ring (bicyclic) bond motifs is 2. The number of aliphatic hydroxyl groups is 1. The molecule has 0 amide bonds. The summed E-state index contributed by atoms with van der Waals surface area (Å²) in [5.41, 5.74) is 8.16. The molecule has 110 valence electrons. The molecule has 2 aliphatic rings. The monoisotopic (exact) mass is 275 g/mol. The molecule has 0 spiro atoms. The van der Waals surface area contributed by atoms with Crippen LogP contribution in [0.15, 0.2) is 12.1 Å². The fourth-order valence-electron chi connectivity index (χ4n) is 3.69. The smallest absolute Gasteiger partial charge is 0.133 e. The Morgan fingerprint density at radius 1 is 1.30 bits per heavy atom. The van der Waals surface area contributed by atoms with Crippen molar-refractivity contribution in [1.29, 1.82) is 0 Å². The average Bonchev–Trinajstić information content (AvgIpc) is 2.69. The molecule has 0 aliphatic carbocycles. The predicted octanol–water partition coefficient (Wildman–Crippen LogP) is 2.16. The molecule has 3 heterocycles. The van der Waals surface area contributed by atoms with Crippen molar-refractivity contribution in [1.82, 2.24) is 4.98 Å². The third kappa shape index (κ3) is 2.31. The van der Waals surface area contributed by atoms with Gasteiger partial charge in [0.2, 0.25) is 0 Å². The lowest BCUT2D eigenvalue weighted by molar-refractivity contribution is 0.126. The number of anilines is 1. The van der Waals surface area contributed by atoms with Gasteiger partial charge in [0, 0.05) is 29.9 Å². The van der Waals surface area contributed by atoms with Crippen LogP contribution in [-0.4, -0.2) is 28.3 Å². The molecule has 2 bridgehead atoms. The van der Waals surface area contributed by atoms with Crippen molar-refractivity contribution in [3.8, 4) is 0 Å². The van der Waals surface area contributed by atoms with Crippen LogP contribution in [0.3, 0.4) is 0 Å². The van der Waals surface area contributed by atoms with Gasteiger partial charge in [-0.15, -0.1) is 0 Å². The molecule has 2 aliphatic heterocycles. The highest BCUT2D eigenvalue weighted by Crippen LogP contribution is 2.40. The quantitative estimate of drug-likeness (QED) is 0.887. The minimum Gasteiger partial charge on any atom is -0.393 e. The van der Waals surface area contributed by atoms with Crippen molar-refractivity contribution in [3.05, 3.63) is 23.4 Å². The first-order chi connectivity index (χ1) is 9.60. The number of pyridine rings is 1. The van der Waals surface area contributed by atoms with Crippen LogP contribution in [0.5, 0.6) is 0 Å². The van der Waals surface area contributed by atoms with E-state index in [0.29, 0.717) is 24.5 Å². The van der Waals surface area contributed by atoms with Crippen molar-refractivity contribution >= 4 is 5.82 Å².